The molecule has 156 valence electrons. The molecule has 0 nitrogen and oxygen atoms in total. The van der Waals surface area contributed by atoms with E-state index in [1.165, 1.54) is 48.8 Å². The fraction of sp³-hybridized carbons (Fsp3) is 0.111. The van der Waals surface area contributed by atoms with Crippen molar-refractivity contribution < 1.29 is 35.3 Å². The molecule has 0 aliphatic heterocycles. The molecule has 0 radical (unpaired) electrons. The van der Waals surface area contributed by atoms with Crippen LogP contribution >= 0.6 is 8.58 Å². The standard InChI is InChI=1S/C16H14P.C11H11.2FH.Hf/c1-12-6-2-5-9-16(12)17-15-10-13-7-3-4-8-14(13)11-15;1-8-6-7-9(2)11-5-3-4-10(8)11;;;/h2-11,17H,1H3;3-7H,1-2H3;2*1H;/q2*-1;;;+4/p-2. The van der Waals surface area contributed by atoms with Crippen LogP contribution in [0.2, 0.25) is 0 Å². The molecule has 0 amide bonds. The first-order valence-corrected chi connectivity index (χ1v) is 10.7. The number of fused-ring (bicyclic) bond motifs is 2. The largest absolute Gasteiger partial charge is 4.00 e. The Morgan fingerprint density at radius 3 is 2.10 bits per heavy atom. The van der Waals surface area contributed by atoms with Gasteiger partial charge in [0, 0.05) is 0 Å². The molecule has 4 heteroatoms. The molecule has 0 spiro atoms. The summed E-state index contributed by atoms with van der Waals surface area (Å²) in [5, 5.41) is 8.37. The molecule has 0 bridgehead atoms. The second kappa shape index (κ2) is 12.2. The van der Waals surface area contributed by atoms with Crippen LogP contribution in [0.1, 0.15) is 16.7 Å². The molecule has 0 N–H and O–H groups in total. The molecular weight excluding hydrogens is 572 g/mol. The number of hydrogen-bond donors (Lipinski definition) is 0. The minimum absolute atomic E-state index is 0. The van der Waals surface area contributed by atoms with Gasteiger partial charge in [-0.2, -0.15) is 18.2 Å². The van der Waals surface area contributed by atoms with Crippen LogP contribution in [-0.2, 0) is 25.8 Å². The summed E-state index contributed by atoms with van der Waals surface area (Å²) in [4.78, 5) is 0. The number of rotatable bonds is 2. The predicted molar refractivity (Wildman–Crippen MR) is 127 cm³/mol. The number of hydrogen-bond acceptors (Lipinski definition) is 0. The average Bonchev–Trinajstić information content (AvgIpc) is 3.34. The Kier molecular flexibility index (Phi) is 10.6. The summed E-state index contributed by atoms with van der Waals surface area (Å²) < 4.78 is 0. The summed E-state index contributed by atoms with van der Waals surface area (Å²) in [6.07, 6.45) is 0. The third-order valence-corrected chi connectivity index (χ3v) is 6.70. The minimum atomic E-state index is 0. The third-order valence-electron chi connectivity index (χ3n) is 5.29. The second-order valence-electron chi connectivity index (χ2n) is 7.37. The Morgan fingerprint density at radius 2 is 1.39 bits per heavy atom. The van der Waals surface area contributed by atoms with E-state index in [4.69, 9.17) is 0 Å². The van der Waals surface area contributed by atoms with Gasteiger partial charge in [-0.15, -0.1) is 68.8 Å². The van der Waals surface area contributed by atoms with Crippen LogP contribution in [0.5, 0.6) is 0 Å². The van der Waals surface area contributed by atoms with E-state index < -0.39 is 0 Å². The summed E-state index contributed by atoms with van der Waals surface area (Å²) in [5.41, 5.74) is 4.13. The van der Waals surface area contributed by atoms with Crippen LogP contribution in [0.3, 0.4) is 0 Å². The van der Waals surface area contributed by atoms with Crippen LogP contribution in [0.15, 0.2) is 91.0 Å². The van der Waals surface area contributed by atoms with Gasteiger partial charge in [0.15, 0.2) is 0 Å². The predicted octanol–water partition coefficient (Wildman–Crippen LogP) is 0.677. The van der Waals surface area contributed by atoms with Crippen LogP contribution < -0.4 is 20.0 Å². The van der Waals surface area contributed by atoms with Crippen LogP contribution in [0.4, 0.5) is 0 Å². The summed E-state index contributed by atoms with van der Waals surface area (Å²) in [6.45, 7) is 6.49. The SMILES string of the molecule is Cc1ccc(C)c2[cH-]ccc12.Cc1ccccc1Pc1cc2ccccc2[cH-]1.[F-].[F-].[Hf+4]. The first kappa shape index (κ1) is 27.1. The molecule has 0 aliphatic rings. The first-order chi connectivity index (χ1) is 13.6. The quantitative estimate of drug-likeness (QED) is 0.160. The van der Waals surface area contributed by atoms with E-state index in [1.807, 2.05) is 0 Å². The van der Waals surface area contributed by atoms with Crippen LogP contribution in [0, 0.1) is 20.8 Å². The molecule has 5 aromatic carbocycles. The van der Waals surface area contributed by atoms with Gasteiger partial charge in [0.25, 0.3) is 0 Å². The molecule has 5 rings (SSSR count). The van der Waals surface area contributed by atoms with Crippen molar-refractivity contribution in [1.29, 1.82) is 0 Å². The van der Waals surface area contributed by atoms with E-state index in [0.29, 0.717) is 0 Å². The maximum absolute atomic E-state index is 2.31. The molecule has 31 heavy (non-hydrogen) atoms. The summed E-state index contributed by atoms with van der Waals surface area (Å²) in [6, 6.07) is 32.6. The molecular formula is C27H25F2HfP. The molecule has 0 saturated heterocycles. The normalized spacial score (nSPS) is 10.2. The van der Waals surface area contributed by atoms with Crippen molar-refractivity contribution in [3.8, 4) is 0 Å². The number of aryl methyl sites for hydroxylation is 3. The smallest absolute Gasteiger partial charge is 1.00 e. The van der Waals surface area contributed by atoms with Crippen molar-refractivity contribution in [3.63, 3.8) is 0 Å². The molecule has 0 aliphatic carbocycles. The Hall–Kier alpha value is -1.96. The molecule has 1 unspecified atom stereocenters. The van der Waals surface area contributed by atoms with Gasteiger partial charge >= 0.3 is 25.8 Å². The van der Waals surface area contributed by atoms with Crippen molar-refractivity contribution in [1.82, 2.24) is 0 Å². The van der Waals surface area contributed by atoms with Crippen molar-refractivity contribution in [2.45, 2.75) is 20.8 Å². The molecule has 0 saturated carbocycles. The zero-order valence-corrected chi connectivity index (χ0v) is 22.5. The van der Waals surface area contributed by atoms with E-state index in [2.05, 4.69) is 112 Å². The molecule has 1 atom stereocenters. The molecule has 0 heterocycles. The molecule has 0 aromatic heterocycles. The number of benzene rings is 3. The zero-order chi connectivity index (χ0) is 19.5. The monoisotopic (exact) mass is 598 g/mol. The Morgan fingerprint density at radius 1 is 0.710 bits per heavy atom. The van der Waals surface area contributed by atoms with Gasteiger partial charge in [-0.3, -0.25) is 0 Å². The van der Waals surface area contributed by atoms with Crippen molar-refractivity contribution in [2.24, 2.45) is 0 Å². The van der Waals surface area contributed by atoms with Gasteiger partial charge in [0.05, 0.1) is 0 Å². The maximum atomic E-state index is 2.31. The van der Waals surface area contributed by atoms with E-state index in [0.717, 1.165) is 8.58 Å². The second-order valence-corrected chi connectivity index (χ2v) is 8.73. The topological polar surface area (TPSA) is 0 Å². The average molecular weight is 597 g/mol. The van der Waals surface area contributed by atoms with E-state index in [-0.39, 0.29) is 35.3 Å². The third kappa shape index (κ3) is 6.28. The summed E-state index contributed by atoms with van der Waals surface area (Å²) in [7, 11) is 0.759. The van der Waals surface area contributed by atoms with Gasteiger partial charge in [-0.05, 0) is 24.7 Å². The minimum Gasteiger partial charge on any atom is -1.00 e. The molecule has 5 aromatic rings. The van der Waals surface area contributed by atoms with Crippen molar-refractivity contribution in [2.75, 3.05) is 0 Å². The van der Waals surface area contributed by atoms with Crippen molar-refractivity contribution in [3.05, 3.63) is 108 Å². The van der Waals surface area contributed by atoms with Gasteiger partial charge in [0.1, 0.15) is 0 Å². The molecule has 0 fully saturated rings. The fourth-order valence-corrected chi connectivity index (χ4v) is 4.86. The van der Waals surface area contributed by atoms with Gasteiger partial charge in [-0.25, -0.2) is 0 Å². The van der Waals surface area contributed by atoms with Gasteiger partial charge in [0.2, 0.25) is 0 Å². The Labute approximate surface area is 203 Å². The first-order valence-electron chi connectivity index (χ1n) is 9.71. The van der Waals surface area contributed by atoms with Gasteiger partial charge in [-0.1, -0.05) is 57.5 Å². The summed E-state index contributed by atoms with van der Waals surface area (Å²) >= 11 is 0. The Bertz CT molecular complexity index is 1170. The summed E-state index contributed by atoms with van der Waals surface area (Å²) in [5.74, 6) is 0. The van der Waals surface area contributed by atoms with E-state index in [9.17, 15) is 0 Å². The zero-order valence-electron chi connectivity index (χ0n) is 17.9. The van der Waals surface area contributed by atoms with E-state index >= 15 is 0 Å². The fourth-order valence-electron chi connectivity index (χ4n) is 3.63. The maximum Gasteiger partial charge on any atom is 4.00 e. The van der Waals surface area contributed by atoms with Crippen LogP contribution in [-0.4, -0.2) is 0 Å². The Balaban J connectivity index is 0.000000303. The van der Waals surface area contributed by atoms with Crippen LogP contribution in [0.25, 0.3) is 21.5 Å². The number of halogens is 2. The van der Waals surface area contributed by atoms with E-state index in [1.54, 1.807) is 0 Å². The van der Waals surface area contributed by atoms with Gasteiger partial charge < -0.3 is 9.41 Å². The van der Waals surface area contributed by atoms with Crippen molar-refractivity contribution >= 4 is 40.7 Å².